The lowest BCUT2D eigenvalue weighted by Crippen LogP contribution is -2.47. The average molecular weight is 504 g/mol. The minimum atomic E-state index is -0.457. The van der Waals surface area contributed by atoms with Crippen LogP contribution in [0.15, 0.2) is 60.8 Å². The lowest BCUT2D eigenvalue weighted by Gasteiger charge is -2.40. The molecule has 37 heavy (non-hydrogen) atoms. The molecule has 0 spiro atoms. The number of unbranched alkanes of at least 4 members (excludes halogenated alkanes) is 2. The van der Waals surface area contributed by atoms with Gasteiger partial charge in [0, 0.05) is 24.7 Å². The molecule has 3 aromatic rings. The molecule has 2 aromatic carbocycles. The summed E-state index contributed by atoms with van der Waals surface area (Å²) < 4.78 is 13.4. The number of carbonyl (C=O) groups excluding carboxylic acids is 2. The lowest BCUT2D eigenvalue weighted by molar-refractivity contribution is -0.135. The molecule has 2 amide bonds. The van der Waals surface area contributed by atoms with Crippen LogP contribution in [0.4, 0.5) is 5.69 Å². The third kappa shape index (κ3) is 5.36. The van der Waals surface area contributed by atoms with E-state index in [1.165, 1.54) is 0 Å². The van der Waals surface area contributed by atoms with E-state index in [0.29, 0.717) is 24.5 Å². The van der Waals surface area contributed by atoms with Crippen LogP contribution >= 0.6 is 0 Å². The number of hydrogen-bond donors (Lipinski definition) is 0. The molecule has 0 fully saturated rings. The Morgan fingerprint density at radius 1 is 0.919 bits per heavy atom. The van der Waals surface area contributed by atoms with Crippen molar-refractivity contribution in [3.8, 4) is 17.2 Å². The molecule has 7 nitrogen and oxygen atoms in total. The summed E-state index contributed by atoms with van der Waals surface area (Å²) in [6.07, 6.45) is 6.04. The van der Waals surface area contributed by atoms with Crippen LogP contribution in [0.2, 0.25) is 0 Å². The van der Waals surface area contributed by atoms with Gasteiger partial charge in [-0.15, -0.1) is 0 Å². The lowest BCUT2D eigenvalue weighted by atomic mass is 9.96. The fourth-order valence-corrected chi connectivity index (χ4v) is 4.98. The number of hydrogen-bond acceptors (Lipinski definition) is 4. The summed E-state index contributed by atoms with van der Waals surface area (Å²) in [5.74, 6) is 1.25. The number of amides is 2. The number of aromatic nitrogens is 1. The second-order valence-corrected chi connectivity index (χ2v) is 9.34. The van der Waals surface area contributed by atoms with Crippen LogP contribution in [0, 0.1) is 0 Å². The van der Waals surface area contributed by atoms with Crippen LogP contribution in [-0.2, 0) is 9.59 Å². The second-order valence-electron chi connectivity index (χ2n) is 9.34. The number of anilines is 1. The van der Waals surface area contributed by atoms with Crippen LogP contribution in [0.25, 0.3) is 5.69 Å². The molecule has 1 aliphatic rings. The summed E-state index contributed by atoms with van der Waals surface area (Å²) >= 11 is 0. The minimum Gasteiger partial charge on any atom is -0.497 e. The van der Waals surface area contributed by atoms with Crippen molar-refractivity contribution in [2.75, 3.05) is 32.2 Å². The Bertz CT molecular complexity index is 1240. The molecule has 0 saturated heterocycles. The van der Waals surface area contributed by atoms with Crippen molar-refractivity contribution < 1.29 is 19.1 Å². The largest absolute Gasteiger partial charge is 0.497 e. The van der Waals surface area contributed by atoms with Crippen molar-refractivity contribution in [3.05, 3.63) is 72.1 Å². The number of fused-ring (bicyclic) bond motifs is 3. The number of benzene rings is 2. The second kappa shape index (κ2) is 12.0. The first-order valence-electron chi connectivity index (χ1n) is 13.1. The third-order valence-corrected chi connectivity index (χ3v) is 6.92. The molecule has 7 heteroatoms. The summed E-state index contributed by atoms with van der Waals surface area (Å²) in [5.41, 5.74) is 3.48. The SMILES string of the molecule is CCCCC(=O)N(CCCC)CC(=O)N1c2ccccc2-n2cccc2C1c1cc(OC)ccc1OC. The van der Waals surface area contributed by atoms with Gasteiger partial charge < -0.3 is 18.9 Å². The average Bonchev–Trinajstić information content (AvgIpc) is 3.42. The quantitative estimate of drug-likeness (QED) is 0.334. The highest BCUT2D eigenvalue weighted by Crippen LogP contribution is 2.45. The molecule has 0 bridgehead atoms. The van der Waals surface area contributed by atoms with Crippen molar-refractivity contribution in [3.63, 3.8) is 0 Å². The number of carbonyl (C=O) groups is 2. The molecule has 196 valence electrons. The fourth-order valence-electron chi connectivity index (χ4n) is 4.98. The van der Waals surface area contributed by atoms with Crippen molar-refractivity contribution in [1.29, 1.82) is 0 Å². The van der Waals surface area contributed by atoms with Gasteiger partial charge in [0.1, 0.15) is 24.1 Å². The van der Waals surface area contributed by atoms with Crippen LogP contribution in [-0.4, -0.2) is 48.6 Å². The molecular weight excluding hydrogens is 466 g/mol. The molecule has 0 radical (unpaired) electrons. The van der Waals surface area contributed by atoms with Crippen LogP contribution < -0.4 is 14.4 Å². The molecular formula is C30H37N3O4. The van der Waals surface area contributed by atoms with Gasteiger partial charge in [0.05, 0.1) is 31.3 Å². The molecule has 1 aromatic heterocycles. The van der Waals surface area contributed by atoms with E-state index in [4.69, 9.17) is 9.47 Å². The topological polar surface area (TPSA) is 64.0 Å². The van der Waals surface area contributed by atoms with Gasteiger partial charge in [0.2, 0.25) is 11.8 Å². The first-order valence-corrected chi connectivity index (χ1v) is 13.1. The Kier molecular flexibility index (Phi) is 8.54. The zero-order valence-electron chi connectivity index (χ0n) is 22.3. The number of rotatable bonds is 11. The summed E-state index contributed by atoms with van der Waals surface area (Å²) in [6.45, 7) is 4.77. The first-order chi connectivity index (χ1) is 18.0. The van der Waals surface area contributed by atoms with Gasteiger partial charge in [-0.25, -0.2) is 0 Å². The van der Waals surface area contributed by atoms with Crippen LogP contribution in [0.5, 0.6) is 11.5 Å². The van der Waals surface area contributed by atoms with Gasteiger partial charge in [-0.2, -0.15) is 0 Å². The molecule has 1 aliphatic heterocycles. The highest BCUT2D eigenvalue weighted by Gasteiger charge is 2.38. The standard InChI is InChI=1S/C30H37N3O4/c1-5-7-15-28(34)31(18-8-6-2)21-29(35)33-25-13-10-9-12-24(25)32-19-11-14-26(32)30(33)23-20-22(36-3)16-17-27(23)37-4/h9-14,16-17,19-20,30H,5-8,15,18,21H2,1-4H3. The highest BCUT2D eigenvalue weighted by molar-refractivity contribution is 6.00. The van der Waals surface area contributed by atoms with E-state index in [1.54, 1.807) is 19.1 Å². The molecule has 0 aliphatic carbocycles. The zero-order chi connectivity index (χ0) is 26.4. The van der Waals surface area contributed by atoms with E-state index in [9.17, 15) is 9.59 Å². The number of ether oxygens (including phenoxy) is 2. The smallest absolute Gasteiger partial charge is 0.247 e. The van der Waals surface area contributed by atoms with Gasteiger partial charge in [-0.05, 0) is 55.3 Å². The predicted octanol–water partition coefficient (Wildman–Crippen LogP) is 5.75. The molecule has 1 atom stereocenters. The van der Waals surface area contributed by atoms with Crippen LogP contribution in [0.3, 0.4) is 0 Å². The van der Waals surface area contributed by atoms with Gasteiger partial charge in [0.25, 0.3) is 0 Å². The maximum absolute atomic E-state index is 14.2. The van der Waals surface area contributed by atoms with E-state index < -0.39 is 6.04 Å². The van der Waals surface area contributed by atoms with Gasteiger partial charge >= 0.3 is 0 Å². The Morgan fingerprint density at radius 2 is 1.68 bits per heavy atom. The predicted molar refractivity (Wildman–Crippen MR) is 146 cm³/mol. The molecule has 0 N–H and O–H groups in total. The molecule has 0 saturated carbocycles. The summed E-state index contributed by atoms with van der Waals surface area (Å²) in [4.78, 5) is 30.9. The third-order valence-electron chi connectivity index (χ3n) is 6.92. The number of nitrogens with zero attached hydrogens (tertiary/aromatic N) is 3. The first kappa shape index (κ1) is 26.3. The maximum Gasteiger partial charge on any atom is 0.247 e. The van der Waals surface area contributed by atoms with E-state index in [2.05, 4.69) is 18.4 Å². The molecule has 4 rings (SSSR count). The molecule has 1 unspecified atom stereocenters. The van der Waals surface area contributed by atoms with E-state index in [0.717, 1.165) is 48.3 Å². The highest BCUT2D eigenvalue weighted by atomic mass is 16.5. The Hall–Kier alpha value is -3.74. The summed E-state index contributed by atoms with van der Waals surface area (Å²) in [5, 5.41) is 0. The van der Waals surface area contributed by atoms with E-state index in [1.807, 2.05) is 65.7 Å². The van der Waals surface area contributed by atoms with Crippen LogP contribution in [0.1, 0.15) is 63.3 Å². The van der Waals surface area contributed by atoms with Crippen molar-refractivity contribution >= 4 is 17.5 Å². The number of para-hydroxylation sites is 2. The van der Waals surface area contributed by atoms with Gasteiger partial charge in [-0.1, -0.05) is 38.8 Å². The monoisotopic (exact) mass is 503 g/mol. The normalized spacial score (nSPS) is 14.1. The zero-order valence-corrected chi connectivity index (χ0v) is 22.3. The Labute approximate surface area is 219 Å². The van der Waals surface area contributed by atoms with E-state index >= 15 is 0 Å². The maximum atomic E-state index is 14.2. The van der Waals surface area contributed by atoms with Gasteiger partial charge in [0.15, 0.2) is 0 Å². The Balaban J connectivity index is 1.81. The summed E-state index contributed by atoms with van der Waals surface area (Å²) in [6, 6.07) is 17.1. The van der Waals surface area contributed by atoms with E-state index in [-0.39, 0.29) is 18.4 Å². The number of methoxy groups -OCH3 is 2. The summed E-state index contributed by atoms with van der Waals surface area (Å²) in [7, 11) is 3.26. The van der Waals surface area contributed by atoms with Crippen molar-refractivity contribution in [1.82, 2.24) is 9.47 Å². The van der Waals surface area contributed by atoms with Crippen molar-refractivity contribution in [2.45, 2.75) is 52.0 Å². The van der Waals surface area contributed by atoms with Gasteiger partial charge in [-0.3, -0.25) is 14.5 Å². The molecule has 2 heterocycles. The Morgan fingerprint density at radius 3 is 2.38 bits per heavy atom. The minimum absolute atomic E-state index is 0.0281. The fraction of sp³-hybridized carbons (Fsp3) is 0.400. The van der Waals surface area contributed by atoms with Crippen molar-refractivity contribution in [2.24, 2.45) is 0 Å².